The fourth-order valence-corrected chi connectivity index (χ4v) is 3.13. The van der Waals surface area contributed by atoms with E-state index in [2.05, 4.69) is 5.32 Å². The molecule has 1 aliphatic rings. The van der Waals surface area contributed by atoms with E-state index in [0.717, 1.165) is 24.4 Å². The van der Waals surface area contributed by atoms with Gasteiger partial charge in [0.1, 0.15) is 0 Å². The van der Waals surface area contributed by atoms with Crippen molar-refractivity contribution in [1.82, 2.24) is 5.32 Å². The van der Waals surface area contributed by atoms with Crippen LogP contribution in [0.15, 0.2) is 29.2 Å². The van der Waals surface area contributed by atoms with Gasteiger partial charge in [0.25, 0.3) is 0 Å². The zero-order valence-corrected chi connectivity index (χ0v) is 8.72. The van der Waals surface area contributed by atoms with Crippen molar-refractivity contribution < 1.29 is 4.21 Å². The molecule has 1 saturated heterocycles. The maximum absolute atomic E-state index is 12.1. The summed E-state index contributed by atoms with van der Waals surface area (Å²) in [4.78, 5) is 0.779. The average molecular weight is 210 g/mol. The smallest absolute Gasteiger partial charge is 0.0620 e. The minimum absolute atomic E-state index is 0.222. The Labute approximate surface area is 86.1 Å². The molecule has 2 rings (SSSR count). The highest BCUT2D eigenvalue weighted by molar-refractivity contribution is 7.86. The highest BCUT2D eigenvalue weighted by Crippen LogP contribution is 2.21. The predicted molar refractivity (Wildman–Crippen MR) is 58.5 cm³/mol. The first kappa shape index (κ1) is 9.68. The molecule has 2 unspecified atom stereocenters. The van der Waals surface area contributed by atoms with Crippen molar-refractivity contribution in [2.24, 2.45) is 0 Å². The van der Waals surface area contributed by atoms with Gasteiger partial charge in [-0.25, -0.2) is 0 Å². The molecule has 0 aliphatic carbocycles. The number of nitrogens with two attached hydrogens (primary N) is 1. The largest absolute Gasteiger partial charge is 0.398 e. The lowest BCUT2D eigenvalue weighted by Crippen LogP contribution is -2.19. The van der Waals surface area contributed by atoms with Gasteiger partial charge in [-0.3, -0.25) is 4.21 Å². The van der Waals surface area contributed by atoms with Gasteiger partial charge in [-0.2, -0.15) is 0 Å². The molecule has 0 amide bonds. The van der Waals surface area contributed by atoms with E-state index in [4.69, 9.17) is 5.73 Å². The number of nitrogen functional groups attached to an aromatic ring is 1. The Morgan fingerprint density at radius 3 is 2.86 bits per heavy atom. The molecule has 0 radical (unpaired) electrons. The average Bonchev–Trinajstić information content (AvgIpc) is 2.70. The molecule has 76 valence electrons. The maximum atomic E-state index is 12.1. The Morgan fingerprint density at radius 1 is 1.43 bits per heavy atom. The number of rotatable bonds is 2. The summed E-state index contributed by atoms with van der Waals surface area (Å²) < 4.78 is 12.1. The zero-order valence-electron chi connectivity index (χ0n) is 7.90. The van der Waals surface area contributed by atoms with Crippen molar-refractivity contribution in [3.05, 3.63) is 24.3 Å². The van der Waals surface area contributed by atoms with E-state index in [1.54, 1.807) is 6.07 Å². The Balaban J connectivity index is 2.22. The molecule has 14 heavy (non-hydrogen) atoms. The van der Waals surface area contributed by atoms with Crippen LogP contribution < -0.4 is 11.1 Å². The van der Waals surface area contributed by atoms with Gasteiger partial charge >= 0.3 is 0 Å². The molecule has 0 saturated carbocycles. The lowest BCUT2D eigenvalue weighted by Gasteiger charge is -2.10. The second kappa shape index (κ2) is 4.11. The third-order valence-corrected chi connectivity index (χ3v) is 4.27. The van der Waals surface area contributed by atoms with Crippen molar-refractivity contribution in [1.29, 1.82) is 0 Å². The van der Waals surface area contributed by atoms with Crippen LogP contribution >= 0.6 is 0 Å². The number of para-hydroxylation sites is 1. The first-order valence-electron chi connectivity index (χ1n) is 4.75. The molecule has 2 atom stereocenters. The molecule has 0 spiro atoms. The summed E-state index contributed by atoms with van der Waals surface area (Å²) in [5.41, 5.74) is 6.41. The minimum Gasteiger partial charge on any atom is -0.398 e. The predicted octanol–water partition coefficient (Wildman–Crippen LogP) is 0.738. The molecule has 1 aliphatic heterocycles. The van der Waals surface area contributed by atoms with E-state index in [1.165, 1.54) is 0 Å². The lowest BCUT2D eigenvalue weighted by molar-refractivity contribution is 0.672. The standard InChI is InChI=1S/C10H14N2OS/c11-9-3-1-2-4-10(9)14(13)8-5-6-12-7-8/h1-4,8,12H,5-7,11H2. The van der Waals surface area contributed by atoms with Crippen LogP contribution in [0.3, 0.4) is 0 Å². The first-order valence-corrected chi connectivity index (χ1v) is 5.96. The molecule has 3 nitrogen and oxygen atoms in total. The Hall–Kier alpha value is -0.870. The van der Waals surface area contributed by atoms with Gasteiger partial charge in [-0.05, 0) is 25.1 Å². The molecule has 3 N–H and O–H groups in total. The van der Waals surface area contributed by atoms with E-state index < -0.39 is 10.8 Å². The van der Waals surface area contributed by atoms with Crippen LogP contribution in [0.5, 0.6) is 0 Å². The number of nitrogens with one attached hydrogen (secondary N) is 1. The fraction of sp³-hybridized carbons (Fsp3) is 0.400. The van der Waals surface area contributed by atoms with E-state index in [0.29, 0.717) is 5.69 Å². The summed E-state index contributed by atoms with van der Waals surface area (Å²) in [5, 5.41) is 3.43. The van der Waals surface area contributed by atoms with Gasteiger partial charge in [0.05, 0.1) is 20.9 Å². The number of benzene rings is 1. The van der Waals surface area contributed by atoms with Gasteiger partial charge in [0.15, 0.2) is 0 Å². The number of anilines is 1. The van der Waals surface area contributed by atoms with Crippen molar-refractivity contribution >= 4 is 16.5 Å². The molecule has 1 fully saturated rings. The topological polar surface area (TPSA) is 55.1 Å². The lowest BCUT2D eigenvalue weighted by atomic mass is 10.3. The summed E-state index contributed by atoms with van der Waals surface area (Å²) in [6, 6.07) is 7.40. The van der Waals surface area contributed by atoms with Crippen molar-refractivity contribution in [3.63, 3.8) is 0 Å². The third kappa shape index (κ3) is 1.81. The van der Waals surface area contributed by atoms with E-state index in [-0.39, 0.29) is 5.25 Å². The Kier molecular flexibility index (Phi) is 2.84. The maximum Gasteiger partial charge on any atom is 0.0620 e. The van der Waals surface area contributed by atoms with Crippen molar-refractivity contribution in [3.8, 4) is 0 Å². The monoisotopic (exact) mass is 210 g/mol. The summed E-state index contributed by atoms with van der Waals surface area (Å²) in [5.74, 6) is 0. The van der Waals surface area contributed by atoms with Crippen LogP contribution in [0.25, 0.3) is 0 Å². The molecule has 1 aromatic carbocycles. The highest BCUT2D eigenvalue weighted by Gasteiger charge is 2.23. The third-order valence-electron chi connectivity index (χ3n) is 2.45. The molecular weight excluding hydrogens is 196 g/mol. The van der Waals surface area contributed by atoms with Crippen molar-refractivity contribution in [2.75, 3.05) is 18.8 Å². The molecule has 1 heterocycles. The molecule has 4 heteroatoms. The van der Waals surface area contributed by atoms with Gasteiger partial charge < -0.3 is 11.1 Å². The normalized spacial score (nSPS) is 23.6. The SMILES string of the molecule is Nc1ccccc1S(=O)C1CCNC1. The van der Waals surface area contributed by atoms with Crippen LogP contribution in [-0.4, -0.2) is 22.5 Å². The Bertz CT molecular complexity index is 348. The summed E-state index contributed by atoms with van der Waals surface area (Å²) in [6.45, 7) is 1.80. The minimum atomic E-state index is -0.958. The summed E-state index contributed by atoms with van der Waals surface area (Å²) in [6.07, 6.45) is 0.973. The quantitative estimate of drug-likeness (QED) is 0.708. The second-order valence-electron chi connectivity index (χ2n) is 3.45. The molecule has 0 aromatic heterocycles. The van der Waals surface area contributed by atoms with Crippen LogP contribution in [0.4, 0.5) is 5.69 Å². The van der Waals surface area contributed by atoms with Crippen LogP contribution in [-0.2, 0) is 10.8 Å². The first-order chi connectivity index (χ1) is 6.79. The van der Waals surface area contributed by atoms with Crippen LogP contribution in [0, 0.1) is 0 Å². The molecular formula is C10H14N2OS. The van der Waals surface area contributed by atoms with E-state index >= 15 is 0 Å². The fourth-order valence-electron chi connectivity index (χ4n) is 1.65. The van der Waals surface area contributed by atoms with Crippen LogP contribution in [0.2, 0.25) is 0 Å². The van der Waals surface area contributed by atoms with E-state index in [1.807, 2.05) is 18.2 Å². The molecule has 0 bridgehead atoms. The summed E-state index contributed by atoms with van der Waals surface area (Å²) >= 11 is 0. The zero-order chi connectivity index (χ0) is 9.97. The van der Waals surface area contributed by atoms with Gasteiger partial charge in [-0.1, -0.05) is 12.1 Å². The van der Waals surface area contributed by atoms with Gasteiger partial charge in [0, 0.05) is 12.2 Å². The second-order valence-corrected chi connectivity index (χ2v) is 5.15. The Morgan fingerprint density at radius 2 is 2.21 bits per heavy atom. The highest BCUT2D eigenvalue weighted by atomic mass is 32.2. The molecule has 1 aromatic rings. The van der Waals surface area contributed by atoms with Gasteiger partial charge in [0.2, 0.25) is 0 Å². The van der Waals surface area contributed by atoms with Crippen molar-refractivity contribution in [2.45, 2.75) is 16.6 Å². The van der Waals surface area contributed by atoms with E-state index in [9.17, 15) is 4.21 Å². The van der Waals surface area contributed by atoms with Gasteiger partial charge in [-0.15, -0.1) is 0 Å². The van der Waals surface area contributed by atoms with Crippen LogP contribution in [0.1, 0.15) is 6.42 Å². The number of hydrogen-bond donors (Lipinski definition) is 2. The summed E-state index contributed by atoms with van der Waals surface area (Å²) in [7, 11) is -0.958. The number of hydrogen-bond acceptors (Lipinski definition) is 3.